The number of hydrogen-bond donors (Lipinski definition) is 1. The fourth-order valence-electron chi connectivity index (χ4n) is 2.28. The molecule has 6 heteroatoms. The zero-order valence-corrected chi connectivity index (χ0v) is 14.7. The molecule has 6 nitrogen and oxygen atoms in total. The average molecular weight is 355 g/mol. The third-order valence-electron chi connectivity index (χ3n) is 3.56. The molecule has 1 N–H and O–H groups in total. The molecule has 0 aliphatic heterocycles. The Morgan fingerprint density at radius 2 is 1.73 bits per heavy atom. The summed E-state index contributed by atoms with van der Waals surface area (Å²) in [5.74, 6) is 1.02. The van der Waals surface area contributed by atoms with E-state index in [1.807, 2.05) is 30.3 Å². The Bertz CT molecular complexity index is 746. The van der Waals surface area contributed by atoms with Crippen molar-refractivity contribution in [1.29, 1.82) is 0 Å². The number of amides is 1. The lowest BCUT2D eigenvalue weighted by atomic mass is 10.1. The van der Waals surface area contributed by atoms with Crippen molar-refractivity contribution < 1.29 is 23.8 Å². The van der Waals surface area contributed by atoms with Gasteiger partial charge in [0.2, 0.25) is 0 Å². The highest BCUT2D eigenvalue weighted by Crippen LogP contribution is 2.31. The van der Waals surface area contributed by atoms with E-state index in [1.54, 1.807) is 24.3 Å². The molecule has 0 fully saturated rings. The average Bonchev–Trinajstić information content (AvgIpc) is 2.69. The van der Waals surface area contributed by atoms with Crippen molar-refractivity contribution in [3.63, 3.8) is 0 Å². The van der Waals surface area contributed by atoms with Crippen LogP contribution in [0.4, 0.5) is 4.79 Å². The van der Waals surface area contributed by atoms with E-state index in [0.717, 1.165) is 11.8 Å². The van der Waals surface area contributed by atoms with Crippen LogP contribution < -0.4 is 14.8 Å². The smallest absolute Gasteiger partial charge is 0.407 e. The minimum atomic E-state index is -0.506. The third-order valence-corrected chi connectivity index (χ3v) is 3.56. The molecule has 0 aliphatic carbocycles. The summed E-state index contributed by atoms with van der Waals surface area (Å²) in [6, 6.07) is 12.7. The molecular formula is C20H21NO5. The van der Waals surface area contributed by atoms with Crippen molar-refractivity contribution in [3.05, 3.63) is 65.2 Å². The summed E-state index contributed by atoms with van der Waals surface area (Å²) in [5, 5.41) is 2.63. The lowest BCUT2D eigenvalue weighted by Crippen LogP contribution is -2.24. The van der Waals surface area contributed by atoms with Gasteiger partial charge in [-0.1, -0.05) is 36.4 Å². The first-order chi connectivity index (χ1) is 12.7. The van der Waals surface area contributed by atoms with E-state index < -0.39 is 6.09 Å². The van der Waals surface area contributed by atoms with Gasteiger partial charge in [-0.25, -0.2) is 4.79 Å². The van der Waals surface area contributed by atoms with E-state index in [0.29, 0.717) is 22.6 Å². The van der Waals surface area contributed by atoms with Crippen LogP contribution in [-0.2, 0) is 11.3 Å². The van der Waals surface area contributed by atoms with Crippen LogP contribution in [-0.4, -0.2) is 33.1 Å². The third kappa shape index (κ3) is 5.37. The molecule has 0 heterocycles. The molecule has 0 spiro atoms. The van der Waals surface area contributed by atoms with E-state index in [2.05, 4.69) is 5.32 Å². The van der Waals surface area contributed by atoms with Crippen molar-refractivity contribution >= 4 is 18.5 Å². The van der Waals surface area contributed by atoms with Crippen LogP contribution in [0.25, 0.3) is 6.08 Å². The normalized spacial score (nSPS) is 10.4. The Morgan fingerprint density at radius 3 is 2.31 bits per heavy atom. The molecule has 1 amide bonds. The highest BCUT2D eigenvalue weighted by Gasteiger charge is 2.10. The zero-order chi connectivity index (χ0) is 18.8. The summed E-state index contributed by atoms with van der Waals surface area (Å²) in [6.07, 6.45) is 3.71. The maximum atomic E-state index is 11.7. The first kappa shape index (κ1) is 19.1. The molecule has 0 aliphatic rings. The quantitative estimate of drug-likeness (QED) is 0.734. The second-order valence-corrected chi connectivity index (χ2v) is 5.30. The molecule has 0 atom stereocenters. The Balaban J connectivity index is 1.91. The van der Waals surface area contributed by atoms with E-state index in [9.17, 15) is 9.59 Å². The topological polar surface area (TPSA) is 73.9 Å². The number of aldehydes is 1. The van der Waals surface area contributed by atoms with Crippen LogP contribution in [0.5, 0.6) is 11.5 Å². The van der Waals surface area contributed by atoms with Crippen molar-refractivity contribution in [2.75, 3.05) is 20.8 Å². The highest BCUT2D eigenvalue weighted by molar-refractivity contribution is 5.80. The van der Waals surface area contributed by atoms with Gasteiger partial charge >= 0.3 is 6.09 Å². The van der Waals surface area contributed by atoms with Crippen molar-refractivity contribution in [2.45, 2.75) is 6.61 Å². The summed E-state index contributed by atoms with van der Waals surface area (Å²) in [6.45, 7) is 0.487. The summed E-state index contributed by atoms with van der Waals surface area (Å²) < 4.78 is 15.7. The van der Waals surface area contributed by atoms with Gasteiger partial charge in [0.25, 0.3) is 0 Å². The molecular weight excluding hydrogens is 334 g/mol. The molecule has 2 aromatic rings. The molecule has 2 aromatic carbocycles. The van der Waals surface area contributed by atoms with Crippen LogP contribution in [0.3, 0.4) is 0 Å². The van der Waals surface area contributed by atoms with Crippen LogP contribution in [0.2, 0.25) is 0 Å². The standard InChI is InChI=1S/C20H21NO5/c1-24-18-11-16(13-22)12-19(25-2)17(18)9-6-10-21-20(23)26-14-15-7-4-3-5-8-15/h3-9,11-13H,10,14H2,1-2H3,(H,21,23). The van der Waals surface area contributed by atoms with Gasteiger partial charge in [-0.15, -0.1) is 0 Å². The second-order valence-electron chi connectivity index (χ2n) is 5.30. The predicted octanol–water partition coefficient (Wildman–Crippen LogP) is 3.46. The van der Waals surface area contributed by atoms with Gasteiger partial charge in [-0.05, 0) is 23.8 Å². The van der Waals surface area contributed by atoms with E-state index in [-0.39, 0.29) is 13.2 Å². The van der Waals surface area contributed by atoms with Gasteiger partial charge in [0.1, 0.15) is 24.4 Å². The first-order valence-electron chi connectivity index (χ1n) is 8.00. The number of hydrogen-bond acceptors (Lipinski definition) is 5. The van der Waals surface area contributed by atoms with E-state index in [1.165, 1.54) is 14.2 Å². The van der Waals surface area contributed by atoms with Gasteiger partial charge in [0.15, 0.2) is 0 Å². The molecule has 0 saturated heterocycles. The minimum absolute atomic E-state index is 0.213. The predicted molar refractivity (Wildman–Crippen MR) is 98.6 cm³/mol. The van der Waals surface area contributed by atoms with Crippen molar-refractivity contribution in [2.24, 2.45) is 0 Å². The zero-order valence-electron chi connectivity index (χ0n) is 14.7. The number of ether oxygens (including phenoxy) is 3. The highest BCUT2D eigenvalue weighted by atomic mass is 16.5. The van der Waals surface area contributed by atoms with Gasteiger partial charge < -0.3 is 19.5 Å². The van der Waals surface area contributed by atoms with Crippen molar-refractivity contribution in [3.8, 4) is 11.5 Å². The monoisotopic (exact) mass is 355 g/mol. The SMILES string of the molecule is COc1cc(C=O)cc(OC)c1C=CCNC(=O)OCc1ccccc1. The van der Waals surface area contributed by atoms with Gasteiger partial charge in [-0.3, -0.25) is 4.79 Å². The summed E-state index contributed by atoms with van der Waals surface area (Å²) >= 11 is 0. The summed E-state index contributed by atoms with van der Waals surface area (Å²) in [4.78, 5) is 22.7. The van der Waals surface area contributed by atoms with Crippen molar-refractivity contribution in [1.82, 2.24) is 5.32 Å². The maximum Gasteiger partial charge on any atom is 0.407 e. The Hall–Kier alpha value is -3.28. The van der Waals surface area contributed by atoms with E-state index >= 15 is 0 Å². The molecule has 26 heavy (non-hydrogen) atoms. The molecule has 2 rings (SSSR count). The lowest BCUT2D eigenvalue weighted by Gasteiger charge is -2.11. The number of carbonyl (C=O) groups is 2. The molecule has 0 unspecified atom stereocenters. The fourth-order valence-corrected chi connectivity index (χ4v) is 2.28. The molecule has 136 valence electrons. The fraction of sp³-hybridized carbons (Fsp3) is 0.200. The van der Waals surface area contributed by atoms with Crippen LogP contribution >= 0.6 is 0 Å². The van der Waals surface area contributed by atoms with Crippen LogP contribution in [0, 0.1) is 0 Å². The first-order valence-corrected chi connectivity index (χ1v) is 8.00. The number of benzene rings is 2. The molecule has 0 radical (unpaired) electrons. The minimum Gasteiger partial charge on any atom is -0.496 e. The van der Waals surface area contributed by atoms with Gasteiger partial charge in [0.05, 0.1) is 19.8 Å². The number of methoxy groups -OCH3 is 2. The largest absolute Gasteiger partial charge is 0.496 e. The van der Waals surface area contributed by atoms with Crippen LogP contribution in [0.15, 0.2) is 48.5 Å². The number of carbonyl (C=O) groups excluding carboxylic acids is 2. The van der Waals surface area contributed by atoms with E-state index in [4.69, 9.17) is 14.2 Å². The molecule has 0 bridgehead atoms. The number of alkyl carbamates (subject to hydrolysis) is 1. The summed E-state index contributed by atoms with van der Waals surface area (Å²) in [7, 11) is 3.03. The van der Waals surface area contributed by atoms with Crippen LogP contribution in [0.1, 0.15) is 21.5 Å². The Kier molecular flexibility index (Phi) is 7.24. The number of rotatable bonds is 8. The Labute approximate surface area is 152 Å². The maximum absolute atomic E-state index is 11.7. The summed E-state index contributed by atoms with van der Waals surface area (Å²) in [5.41, 5.74) is 2.06. The Morgan fingerprint density at radius 1 is 1.08 bits per heavy atom. The number of nitrogens with one attached hydrogen (secondary N) is 1. The molecule has 0 aromatic heterocycles. The van der Waals surface area contributed by atoms with Gasteiger partial charge in [-0.2, -0.15) is 0 Å². The van der Waals surface area contributed by atoms with Gasteiger partial charge in [0, 0.05) is 12.1 Å². The molecule has 0 saturated carbocycles. The second kappa shape index (κ2) is 9.88. The lowest BCUT2D eigenvalue weighted by molar-refractivity contribution is 0.112.